The van der Waals surface area contributed by atoms with Gasteiger partial charge in [0.25, 0.3) is 5.91 Å². The zero-order valence-electron chi connectivity index (χ0n) is 19.3. The first-order chi connectivity index (χ1) is 16.5. The number of amides is 4. The summed E-state index contributed by atoms with van der Waals surface area (Å²) < 4.78 is 13.4. The summed E-state index contributed by atoms with van der Waals surface area (Å²) in [4.78, 5) is 43.0. The summed E-state index contributed by atoms with van der Waals surface area (Å²) in [6, 6.07) is 13.4. The number of carbonyl (C=O) groups excluding carboxylic acids is 3. The number of hydrogen-bond acceptors (Lipinski definition) is 3. The van der Waals surface area contributed by atoms with Crippen molar-refractivity contribution in [2.75, 3.05) is 6.54 Å². The standard InChI is InChI=1S/C27H30FN3O3/c28-21-14-12-19(13-15-21)17-30(22-9-2-1-3-10-22)24(32)18-31-25(33)27(29-26(31)34)16-6-8-20-7-4-5-11-23(20)27/h4-5,7,11-15,22H,1-3,6,8-10,16-18H2,(H,29,34). The maximum absolute atomic E-state index is 13.6. The third kappa shape index (κ3) is 4.08. The molecular formula is C27H30FN3O3. The second kappa shape index (κ2) is 9.20. The molecule has 1 heterocycles. The zero-order valence-corrected chi connectivity index (χ0v) is 19.3. The van der Waals surface area contributed by atoms with E-state index in [1.807, 2.05) is 24.3 Å². The molecule has 1 spiro atoms. The molecule has 2 aromatic rings. The van der Waals surface area contributed by atoms with Gasteiger partial charge in [0, 0.05) is 12.6 Å². The summed E-state index contributed by atoms with van der Waals surface area (Å²) in [5, 5.41) is 2.93. The molecule has 7 heteroatoms. The topological polar surface area (TPSA) is 69.7 Å². The van der Waals surface area contributed by atoms with E-state index in [1.54, 1.807) is 17.0 Å². The first-order valence-corrected chi connectivity index (χ1v) is 12.2. The lowest BCUT2D eigenvalue weighted by molar-refractivity contribution is -0.141. The van der Waals surface area contributed by atoms with E-state index in [-0.39, 0.29) is 30.2 Å². The number of aryl methyl sites for hydroxylation is 1. The van der Waals surface area contributed by atoms with Crippen LogP contribution in [0.4, 0.5) is 9.18 Å². The highest BCUT2D eigenvalue weighted by Crippen LogP contribution is 2.40. The molecule has 0 bridgehead atoms. The van der Waals surface area contributed by atoms with Crippen LogP contribution in [0.2, 0.25) is 0 Å². The molecule has 4 amide bonds. The summed E-state index contributed by atoms with van der Waals surface area (Å²) in [6.07, 6.45) is 7.21. The van der Waals surface area contributed by atoms with Gasteiger partial charge in [-0.3, -0.25) is 14.5 Å². The Bertz CT molecular complexity index is 1100. The van der Waals surface area contributed by atoms with Crippen LogP contribution in [0.3, 0.4) is 0 Å². The van der Waals surface area contributed by atoms with Crippen LogP contribution >= 0.6 is 0 Å². The molecule has 6 nitrogen and oxygen atoms in total. The van der Waals surface area contributed by atoms with Crippen molar-refractivity contribution in [1.82, 2.24) is 15.1 Å². The van der Waals surface area contributed by atoms with E-state index < -0.39 is 11.6 Å². The largest absolute Gasteiger partial charge is 0.334 e. The molecule has 1 atom stereocenters. The van der Waals surface area contributed by atoms with Gasteiger partial charge in [0.05, 0.1) is 0 Å². The van der Waals surface area contributed by atoms with Crippen molar-refractivity contribution in [1.29, 1.82) is 0 Å². The smallest absolute Gasteiger partial charge is 0.325 e. The molecule has 3 aliphatic rings. The Labute approximate surface area is 199 Å². The Kier molecular flexibility index (Phi) is 6.11. The average Bonchev–Trinajstić information content (AvgIpc) is 3.09. The number of nitrogens with one attached hydrogen (secondary N) is 1. The second-order valence-electron chi connectivity index (χ2n) is 9.68. The van der Waals surface area contributed by atoms with Crippen molar-refractivity contribution < 1.29 is 18.8 Å². The molecule has 1 N–H and O–H groups in total. The minimum atomic E-state index is -1.08. The lowest BCUT2D eigenvalue weighted by Crippen LogP contribution is -2.49. The molecule has 1 saturated heterocycles. The van der Waals surface area contributed by atoms with E-state index >= 15 is 0 Å². The SMILES string of the molecule is O=C1NC2(CCCc3ccccc32)C(=O)N1CC(=O)N(Cc1ccc(F)cc1)C1CCCCC1. The molecule has 5 rings (SSSR count). The fraction of sp³-hybridized carbons (Fsp3) is 0.444. The van der Waals surface area contributed by atoms with Gasteiger partial charge in [0.15, 0.2) is 0 Å². The number of hydrogen-bond donors (Lipinski definition) is 1. The number of benzene rings is 2. The molecule has 1 unspecified atom stereocenters. The van der Waals surface area contributed by atoms with Gasteiger partial charge in [0.2, 0.25) is 5.91 Å². The van der Waals surface area contributed by atoms with E-state index in [1.165, 1.54) is 12.1 Å². The van der Waals surface area contributed by atoms with Crippen molar-refractivity contribution in [3.8, 4) is 0 Å². The number of nitrogens with zero attached hydrogens (tertiary/aromatic N) is 2. The van der Waals surface area contributed by atoms with E-state index in [2.05, 4.69) is 5.32 Å². The van der Waals surface area contributed by atoms with Crippen molar-refractivity contribution >= 4 is 17.8 Å². The quantitative estimate of drug-likeness (QED) is 0.674. The summed E-state index contributed by atoms with van der Waals surface area (Å²) in [5.41, 5.74) is 1.65. The Balaban J connectivity index is 1.38. The highest BCUT2D eigenvalue weighted by atomic mass is 19.1. The number of rotatable bonds is 5. The normalized spacial score (nSPS) is 22.6. The van der Waals surface area contributed by atoms with Gasteiger partial charge >= 0.3 is 6.03 Å². The van der Waals surface area contributed by atoms with Gasteiger partial charge in [0.1, 0.15) is 17.9 Å². The Morgan fingerprint density at radius 3 is 2.53 bits per heavy atom. The predicted molar refractivity (Wildman–Crippen MR) is 125 cm³/mol. The fourth-order valence-electron chi connectivity index (χ4n) is 5.78. The maximum Gasteiger partial charge on any atom is 0.325 e. The third-order valence-electron chi connectivity index (χ3n) is 7.55. The minimum absolute atomic E-state index is 0.0523. The van der Waals surface area contributed by atoms with Crippen molar-refractivity contribution in [3.05, 3.63) is 71.0 Å². The maximum atomic E-state index is 13.6. The van der Waals surface area contributed by atoms with Gasteiger partial charge in [-0.2, -0.15) is 0 Å². The lowest BCUT2D eigenvalue weighted by atomic mass is 9.76. The summed E-state index contributed by atoms with van der Waals surface area (Å²) in [7, 11) is 0. The van der Waals surface area contributed by atoms with Crippen LogP contribution in [0.5, 0.6) is 0 Å². The molecule has 2 aliphatic carbocycles. The molecule has 0 radical (unpaired) electrons. The van der Waals surface area contributed by atoms with Crippen molar-refractivity contribution in [2.24, 2.45) is 0 Å². The second-order valence-corrected chi connectivity index (χ2v) is 9.68. The molecule has 178 valence electrons. The minimum Gasteiger partial charge on any atom is -0.334 e. The lowest BCUT2D eigenvalue weighted by Gasteiger charge is -2.36. The van der Waals surface area contributed by atoms with Gasteiger partial charge in [-0.1, -0.05) is 55.7 Å². The molecule has 2 fully saturated rings. The predicted octanol–water partition coefficient (Wildman–Crippen LogP) is 4.27. The average molecular weight is 464 g/mol. The van der Waals surface area contributed by atoms with Gasteiger partial charge < -0.3 is 10.2 Å². The monoisotopic (exact) mass is 463 g/mol. The number of carbonyl (C=O) groups is 3. The molecular weight excluding hydrogens is 433 g/mol. The van der Waals surface area contributed by atoms with Gasteiger partial charge in [-0.15, -0.1) is 0 Å². The van der Waals surface area contributed by atoms with Crippen LogP contribution < -0.4 is 5.32 Å². The molecule has 1 aliphatic heterocycles. The van der Waals surface area contributed by atoms with Crippen LogP contribution in [0.1, 0.15) is 61.6 Å². The zero-order chi connectivity index (χ0) is 23.7. The van der Waals surface area contributed by atoms with E-state index in [9.17, 15) is 18.8 Å². The number of urea groups is 1. The summed E-state index contributed by atoms with van der Waals surface area (Å²) in [6.45, 7) is 0.0493. The van der Waals surface area contributed by atoms with Crippen LogP contribution in [-0.2, 0) is 28.1 Å². The van der Waals surface area contributed by atoms with E-state index in [4.69, 9.17) is 0 Å². The van der Waals surface area contributed by atoms with E-state index in [0.29, 0.717) is 13.0 Å². The Morgan fingerprint density at radius 2 is 1.76 bits per heavy atom. The molecule has 2 aromatic carbocycles. The van der Waals surface area contributed by atoms with Crippen molar-refractivity contribution in [3.63, 3.8) is 0 Å². The van der Waals surface area contributed by atoms with Crippen LogP contribution in [0, 0.1) is 5.82 Å². The van der Waals surface area contributed by atoms with Crippen LogP contribution in [0.25, 0.3) is 0 Å². The first-order valence-electron chi connectivity index (χ1n) is 12.2. The highest BCUT2D eigenvalue weighted by molar-refractivity contribution is 6.09. The van der Waals surface area contributed by atoms with Gasteiger partial charge in [-0.25, -0.2) is 9.18 Å². The molecule has 34 heavy (non-hydrogen) atoms. The third-order valence-corrected chi connectivity index (χ3v) is 7.55. The van der Waals surface area contributed by atoms with Crippen molar-refractivity contribution in [2.45, 2.75) is 69.5 Å². The van der Waals surface area contributed by atoms with Crippen LogP contribution in [-0.4, -0.2) is 40.2 Å². The Morgan fingerprint density at radius 1 is 1.03 bits per heavy atom. The number of fused-ring (bicyclic) bond motifs is 2. The summed E-state index contributed by atoms with van der Waals surface area (Å²) in [5.74, 6) is -0.916. The number of imide groups is 1. The van der Waals surface area contributed by atoms with E-state index in [0.717, 1.165) is 66.5 Å². The molecule has 0 aromatic heterocycles. The van der Waals surface area contributed by atoms with Crippen LogP contribution in [0.15, 0.2) is 48.5 Å². The first kappa shape index (κ1) is 22.6. The van der Waals surface area contributed by atoms with Gasteiger partial charge in [-0.05, 0) is 60.9 Å². The molecule has 1 saturated carbocycles. The highest BCUT2D eigenvalue weighted by Gasteiger charge is 2.54. The Hall–Kier alpha value is -3.22. The number of halogens is 1. The fourth-order valence-corrected chi connectivity index (χ4v) is 5.78. The summed E-state index contributed by atoms with van der Waals surface area (Å²) >= 11 is 0.